The lowest BCUT2D eigenvalue weighted by atomic mass is 9.95. The number of carbonyl (C=O) groups excluding carboxylic acids is 2. The number of imide groups is 1. The molecule has 0 unspecified atom stereocenters. The highest BCUT2D eigenvalue weighted by Gasteiger charge is 2.53. The van der Waals surface area contributed by atoms with E-state index in [1.54, 1.807) is 6.07 Å². The molecule has 1 aromatic carbocycles. The van der Waals surface area contributed by atoms with Crippen molar-refractivity contribution in [2.24, 2.45) is 0 Å². The summed E-state index contributed by atoms with van der Waals surface area (Å²) in [5.41, 5.74) is -0.0741. The number of rotatable bonds is 2. The lowest BCUT2D eigenvalue weighted by molar-refractivity contribution is -0.126. The minimum Gasteiger partial charge on any atom is -0.305 e. The van der Waals surface area contributed by atoms with Gasteiger partial charge in [0.05, 0.1) is 11.6 Å². The van der Waals surface area contributed by atoms with Crippen LogP contribution >= 0.6 is 0 Å². The quantitative estimate of drug-likeness (QED) is 0.846. The van der Waals surface area contributed by atoms with Crippen molar-refractivity contribution in [2.45, 2.75) is 37.8 Å². The number of amides is 3. The van der Waals surface area contributed by atoms with E-state index in [9.17, 15) is 14.0 Å². The predicted octanol–water partition coefficient (Wildman–Crippen LogP) is 2.06. The number of nitriles is 1. The third-order valence-corrected chi connectivity index (χ3v) is 4.26. The van der Waals surface area contributed by atoms with Crippen LogP contribution in [0.15, 0.2) is 18.2 Å². The van der Waals surface area contributed by atoms with Crippen molar-refractivity contribution in [3.63, 3.8) is 0 Å². The van der Waals surface area contributed by atoms with Crippen molar-refractivity contribution in [1.82, 2.24) is 10.2 Å². The SMILES string of the molecule is N#Cc1cc(F)cc(CN2C(=O)NC(=O)C23CCCC3)c1. The Kier molecular flexibility index (Phi) is 3.13. The summed E-state index contributed by atoms with van der Waals surface area (Å²) < 4.78 is 13.5. The molecule has 2 fully saturated rings. The molecule has 0 aromatic heterocycles. The summed E-state index contributed by atoms with van der Waals surface area (Å²) in [6, 6.07) is 5.43. The van der Waals surface area contributed by atoms with Crippen molar-refractivity contribution in [3.05, 3.63) is 35.1 Å². The van der Waals surface area contributed by atoms with Gasteiger partial charge in [0, 0.05) is 6.54 Å². The number of benzene rings is 1. The molecule has 1 saturated carbocycles. The molecule has 1 aliphatic heterocycles. The molecular formula is C15H14FN3O2. The largest absolute Gasteiger partial charge is 0.325 e. The molecule has 0 radical (unpaired) electrons. The Balaban J connectivity index is 1.93. The molecule has 3 rings (SSSR count). The number of nitrogens with zero attached hydrogens (tertiary/aromatic N) is 2. The van der Waals surface area contributed by atoms with Gasteiger partial charge in [0.25, 0.3) is 5.91 Å². The van der Waals surface area contributed by atoms with Crippen LogP contribution in [0.25, 0.3) is 0 Å². The van der Waals surface area contributed by atoms with Gasteiger partial charge < -0.3 is 4.90 Å². The van der Waals surface area contributed by atoms with E-state index >= 15 is 0 Å². The van der Waals surface area contributed by atoms with E-state index in [0.717, 1.165) is 18.9 Å². The van der Waals surface area contributed by atoms with Crippen LogP contribution in [0.4, 0.5) is 9.18 Å². The third kappa shape index (κ3) is 2.15. The number of nitrogens with one attached hydrogen (secondary N) is 1. The Morgan fingerprint density at radius 1 is 1.29 bits per heavy atom. The fraction of sp³-hybridized carbons (Fsp3) is 0.400. The summed E-state index contributed by atoms with van der Waals surface area (Å²) in [5.74, 6) is -0.780. The van der Waals surface area contributed by atoms with Crippen LogP contribution in [0.5, 0.6) is 0 Å². The van der Waals surface area contributed by atoms with Crippen molar-refractivity contribution in [1.29, 1.82) is 5.26 Å². The van der Waals surface area contributed by atoms with Crippen LogP contribution in [-0.2, 0) is 11.3 Å². The molecule has 6 heteroatoms. The molecule has 108 valence electrons. The number of carbonyl (C=O) groups is 2. The molecule has 1 aliphatic carbocycles. The maximum absolute atomic E-state index is 13.5. The normalized spacial score (nSPS) is 19.9. The minimum atomic E-state index is -0.795. The van der Waals surface area contributed by atoms with Crippen molar-refractivity contribution in [3.8, 4) is 6.07 Å². The van der Waals surface area contributed by atoms with Gasteiger partial charge in [-0.15, -0.1) is 0 Å². The van der Waals surface area contributed by atoms with Gasteiger partial charge in [0.1, 0.15) is 11.4 Å². The Morgan fingerprint density at radius 3 is 2.67 bits per heavy atom. The molecular weight excluding hydrogens is 273 g/mol. The molecule has 3 amide bonds. The molecule has 5 nitrogen and oxygen atoms in total. The molecule has 1 spiro atoms. The monoisotopic (exact) mass is 287 g/mol. The first-order valence-electron chi connectivity index (χ1n) is 6.88. The number of urea groups is 1. The van der Waals surface area contributed by atoms with E-state index < -0.39 is 17.4 Å². The smallest absolute Gasteiger partial charge is 0.305 e. The van der Waals surface area contributed by atoms with E-state index in [1.165, 1.54) is 11.0 Å². The van der Waals surface area contributed by atoms with Crippen molar-refractivity contribution < 1.29 is 14.0 Å². The Bertz CT molecular complexity index is 659. The Hall–Kier alpha value is -2.42. The van der Waals surface area contributed by atoms with Gasteiger partial charge in [-0.05, 0) is 36.6 Å². The van der Waals surface area contributed by atoms with E-state index in [0.29, 0.717) is 18.4 Å². The van der Waals surface area contributed by atoms with E-state index in [-0.39, 0.29) is 18.0 Å². The topological polar surface area (TPSA) is 73.2 Å². The van der Waals surface area contributed by atoms with Gasteiger partial charge in [0.2, 0.25) is 0 Å². The van der Waals surface area contributed by atoms with Gasteiger partial charge in [-0.2, -0.15) is 5.26 Å². The summed E-state index contributed by atoms with van der Waals surface area (Å²) >= 11 is 0. The zero-order chi connectivity index (χ0) is 15.0. The highest BCUT2D eigenvalue weighted by Crippen LogP contribution is 2.39. The highest BCUT2D eigenvalue weighted by atomic mass is 19.1. The summed E-state index contributed by atoms with van der Waals surface area (Å²) in [5, 5.41) is 11.2. The molecule has 1 N–H and O–H groups in total. The van der Waals surface area contributed by atoms with Gasteiger partial charge in [-0.1, -0.05) is 12.8 Å². The zero-order valence-corrected chi connectivity index (χ0v) is 11.4. The maximum Gasteiger partial charge on any atom is 0.325 e. The fourth-order valence-electron chi connectivity index (χ4n) is 3.27. The Morgan fingerprint density at radius 2 is 2.00 bits per heavy atom. The average Bonchev–Trinajstić information content (AvgIpc) is 3.01. The summed E-state index contributed by atoms with van der Waals surface area (Å²) in [6.07, 6.45) is 3.05. The molecule has 21 heavy (non-hydrogen) atoms. The van der Waals surface area contributed by atoms with Crippen LogP contribution in [-0.4, -0.2) is 22.4 Å². The second-order valence-electron chi connectivity index (χ2n) is 5.54. The molecule has 0 bridgehead atoms. The summed E-state index contributed by atoms with van der Waals surface area (Å²) in [7, 11) is 0. The van der Waals surface area contributed by atoms with E-state index in [4.69, 9.17) is 5.26 Å². The van der Waals surface area contributed by atoms with Crippen molar-refractivity contribution >= 4 is 11.9 Å². The lowest BCUT2D eigenvalue weighted by Crippen LogP contribution is -2.46. The molecule has 1 aromatic rings. The Labute approximate surface area is 121 Å². The van der Waals surface area contributed by atoms with Gasteiger partial charge in [-0.3, -0.25) is 10.1 Å². The second kappa shape index (κ2) is 4.85. The van der Waals surface area contributed by atoms with Crippen LogP contribution in [0.3, 0.4) is 0 Å². The van der Waals surface area contributed by atoms with Gasteiger partial charge >= 0.3 is 6.03 Å². The fourth-order valence-corrected chi connectivity index (χ4v) is 3.27. The first-order chi connectivity index (χ1) is 10.0. The summed E-state index contributed by atoms with van der Waals surface area (Å²) in [4.78, 5) is 25.6. The molecule has 2 aliphatic rings. The van der Waals surface area contributed by atoms with Gasteiger partial charge in [-0.25, -0.2) is 9.18 Å². The van der Waals surface area contributed by atoms with Gasteiger partial charge in [0.15, 0.2) is 0 Å². The predicted molar refractivity (Wildman–Crippen MR) is 71.4 cm³/mol. The third-order valence-electron chi connectivity index (χ3n) is 4.26. The number of hydrogen-bond donors (Lipinski definition) is 1. The second-order valence-corrected chi connectivity index (χ2v) is 5.54. The highest BCUT2D eigenvalue weighted by molar-refractivity contribution is 6.07. The number of hydrogen-bond acceptors (Lipinski definition) is 3. The van der Waals surface area contributed by atoms with Crippen LogP contribution in [0, 0.1) is 17.1 Å². The molecule has 0 atom stereocenters. The first-order valence-corrected chi connectivity index (χ1v) is 6.88. The van der Waals surface area contributed by atoms with Crippen LogP contribution in [0.2, 0.25) is 0 Å². The van der Waals surface area contributed by atoms with E-state index in [2.05, 4.69) is 5.32 Å². The zero-order valence-electron chi connectivity index (χ0n) is 11.4. The average molecular weight is 287 g/mol. The van der Waals surface area contributed by atoms with Crippen LogP contribution < -0.4 is 5.32 Å². The molecule has 1 heterocycles. The lowest BCUT2D eigenvalue weighted by Gasteiger charge is -2.31. The molecule has 1 saturated heterocycles. The summed E-state index contributed by atoms with van der Waals surface area (Å²) in [6.45, 7) is 0.129. The number of halogens is 1. The van der Waals surface area contributed by atoms with E-state index in [1.807, 2.05) is 6.07 Å². The van der Waals surface area contributed by atoms with Crippen LogP contribution in [0.1, 0.15) is 36.8 Å². The van der Waals surface area contributed by atoms with Crippen molar-refractivity contribution in [2.75, 3.05) is 0 Å². The first kappa shape index (κ1) is 13.6. The minimum absolute atomic E-state index is 0.129. The standard InChI is InChI=1S/C15H14FN3O2/c16-12-6-10(8-17)5-11(7-12)9-19-14(21)18-13(20)15(19)3-1-2-4-15/h5-7H,1-4,9H2,(H,18,20,21). The maximum atomic E-state index is 13.5.